The number of likely N-dealkylation sites (N-methyl/N-ethyl adjacent to an activating group) is 1. The van der Waals surface area contributed by atoms with Crippen molar-refractivity contribution >= 4 is 23.3 Å². The lowest BCUT2D eigenvalue weighted by molar-refractivity contribution is 0.0432. The van der Waals surface area contributed by atoms with E-state index in [4.69, 9.17) is 22.1 Å². The van der Waals surface area contributed by atoms with Crippen LogP contribution >= 0.6 is 11.6 Å². The third-order valence-electron chi connectivity index (χ3n) is 3.39. The third kappa shape index (κ3) is 4.37. The molecule has 1 saturated heterocycles. The summed E-state index contributed by atoms with van der Waals surface area (Å²) in [7, 11) is 2.11. The average molecular weight is 298 g/mol. The molecule has 6 heteroatoms. The minimum Gasteiger partial charge on any atom is -0.461 e. The Labute approximate surface area is 124 Å². The fraction of sp³-hybridized carbons (Fsp3) is 0.500. The van der Waals surface area contributed by atoms with E-state index in [0.29, 0.717) is 22.9 Å². The first-order valence-corrected chi connectivity index (χ1v) is 7.06. The largest absolute Gasteiger partial charge is 0.461 e. The first-order valence-electron chi connectivity index (χ1n) is 6.68. The van der Waals surface area contributed by atoms with Crippen molar-refractivity contribution < 1.29 is 9.53 Å². The molecule has 0 radical (unpaired) electrons. The van der Waals surface area contributed by atoms with E-state index >= 15 is 0 Å². The molecule has 0 atom stereocenters. The molecule has 0 aromatic heterocycles. The molecular weight excluding hydrogens is 278 g/mol. The number of rotatable bonds is 4. The van der Waals surface area contributed by atoms with Crippen molar-refractivity contribution in [1.82, 2.24) is 9.80 Å². The summed E-state index contributed by atoms with van der Waals surface area (Å²) in [6.45, 7) is 5.28. The van der Waals surface area contributed by atoms with Crippen molar-refractivity contribution in [2.24, 2.45) is 0 Å². The molecule has 0 unspecified atom stereocenters. The van der Waals surface area contributed by atoms with Crippen molar-refractivity contribution in [3.63, 3.8) is 0 Å². The summed E-state index contributed by atoms with van der Waals surface area (Å²) in [6, 6.07) is 4.74. The van der Waals surface area contributed by atoms with E-state index < -0.39 is 0 Å². The lowest BCUT2D eigenvalue weighted by Crippen LogP contribution is -2.45. The lowest BCUT2D eigenvalue weighted by Gasteiger charge is -2.32. The minimum atomic E-state index is -0.381. The van der Waals surface area contributed by atoms with E-state index in [-0.39, 0.29) is 5.97 Å². The molecule has 1 heterocycles. The monoisotopic (exact) mass is 297 g/mol. The number of benzene rings is 1. The first-order chi connectivity index (χ1) is 9.54. The van der Waals surface area contributed by atoms with Gasteiger partial charge in [0.25, 0.3) is 0 Å². The highest BCUT2D eigenvalue weighted by atomic mass is 35.5. The van der Waals surface area contributed by atoms with Crippen LogP contribution < -0.4 is 5.73 Å². The van der Waals surface area contributed by atoms with E-state index in [0.717, 1.165) is 32.7 Å². The molecule has 1 aromatic rings. The van der Waals surface area contributed by atoms with Crippen molar-refractivity contribution in [3.8, 4) is 0 Å². The number of halogens is 1. The zero-order chi connectivity index (χ0) is 14.5. The minimum absolute atomic E-state index is 0.381. The zero-order valence-electron chi connectivity index (χ0n) is 11.6. The average Bonchev–Trinajstić information content (AvgIpc) is 2.40. The van der Waals surface area contributed by atoms with Crippen LogP contribution in [0.3, 0.4) is 0 Å². The fourth-order valence-electron chi connectivity index (χ4n) is 2.15. The van der Waals surface area contributed by atoms with Gasteiger partial charge in [-0.15, -0.1) is 0 Å². The van der Waals surface area contributed by atoms with Crippen LogP contribution in [0.25, 0.3) is 0 Å². The highest BCUT2D eigenvalue weighted by molar-refractivity contribution is 6.31. The Morgan fingerprint density at radius 2 is 2.00 bits per heavy atom. The topological polar surface area (TPSA) is 58.8 Å². The molecule has 20 heavy (non-hydrogen) atoms. The first kappa shape index (κ1) is 15.1. The number of piperazine rings is 1. The highest BCUT2D eigenvalue weighted by Gasteiger charge is 2.14. The van der Waals surface area contributed by atoms with Gasteiger partial charge in [-0.1, -0.05) is 11.6 Å². The molecule has 1 aliphatic heterocycles. The Balaban J connectivity index is 1.77. The molecule has 0 aliphatic carbocycles. The summed E-state index contributed by atoms with van der Waals surface area (Å²) in [4.78, 5) is 16.5. The van der Waals surface area contributed by atoms with E-state index in [1.807, 2.05) is 0 Å². The number of nitrogens with two attached hydrogens (primary N) is 1. The van der Waals surface area contributed by atoms with Gasteiger partial charge in [0.1, 0.15) is 6.61 Å². The van der Waals surface area contributed by atoms with Crippen LogP contribution in [-0.4, -0.2) is 62.1 Å². The molecule has 110 valence electrons. The second-order valence-corrected chi connectivity index (χ2v) is 5.49. The number of anilines is 1. The second kappa shape index (κ2) is 6.92. The molecule has 5 nitrogen and oxygen atoms in total. The van der Waals surface area contributed by atoms with E-state index in [1.54, 1.807) is 18.2 Å². The molecule has 1 fully saturated rings. The number of nitrogen functional groups attached to an aromatic ring is 1. The molecule has 0 spiro atoms. The van der Waals surface area contributed by atoms with Gasteiger partial charge in [-0.25, -0.2) is 4.79 Å². The van der Waals surface area contributed by atoms with Gasteiger partial charge in [-0.05, 0) is 25.2 Å². The Morgan fingerprint density at radius 3 is 2.65 bits per heavy atom. The molecule has 0 amide bonds. The summed E-state index contributed by atoms with van der Waals surface area (Å²) >= 11 is 5.86. The van der Waals surface area contributed by atoms with Crippen molar-refractivity contribution in [3.05, 3.63) is 28.8 Å². The standard InChI is InChI=1S/C14H20ClN3O2/c1-17-2-4-18(5-3-17)6-7-20-14(19)11-8-12(15)10-13(16)9-11/h8-10H,2-7,16H2,1H3. The van der Waals surface area contributed by atoms with Gasteiger partial charge in [-0.2, -0.15) is 0 Å². The Hall–Kier alpha value is -1.30. The van der Waals surface area contributed by atoms with Crippen molar-refractivity contribution in [2.45, 2.75) is 0 Å². The number of carbonyl (C=O) groups excluding carboxylic acids is 1. The van der Waals surface area contributed by atoms with Crippen LogP contribution in [-0.2, 0) is 4.74 Å². The van der Waals surface area contributed by atoms with Gasteiger partial charge < -0.3 is 15.4 Å². The number of hydrogen-bond acceptors (Lipinski definition) is 5. The number of nitrogens with zero attached hydrogens (tertiary/aromatic N) is 2. The van der Waals surface area contributed by atoms with Crippen LogP contribution in [0.5, 0.6) is 0 Å². The number of esters is 1. The maximum absolute atomic E-state index is 11.9. The van der Waals surface area contributed by atoms with Crippen LogP contribution in [0, 0.1) is 0 Å². The smallest absolute Gasteiger partial charge is 0.338 e. The molecule has 0 saturated carbocycles. The molecular formula is C14H20ClN3O2. The van der Waals surface area contributed by atoms with Crippen LogP contribution in [0.4, 0.5) is 5.69 Å². The van der Waals surface area contributed by atoms with Crippen LogP contribution in [0.15, 0.2) is 18.2 Å². The summed E-state index contributed by atoms with van der Waals surface area (Å²) < 4.78 is 5.26. The highest BCUT2D eigenvalue weighted by Crippen LogP contribution is 2.17. The Morgan fingerprint density at radius 1 is 1.30 bits per heavy atom. The van der Waals surface area contributed by atoms with Gasteiger partial charge in [0.15, 0.2) is 0 Å². The van der Waals surface area contributed by atoms with Gasteiger partial charge >= 0.3 is 5.97 Å². The summed E-state index contributed by atoms with van der Waals surface area (Å²) in [5.41, 5.74) is 6.51. The maximum Gasteiger partial charge on any atom is 0.338 e. The molecule has 1 aliphatic rings. The molecule has 2 N–H and O–H groups in total. The zero-order valence-corrected chi connectivity index (χ0v) is 12.4. The predicted molar refractivity (Wildman–Crippen MR) is 80.1 cm³/mol. The Kier molecular flexibility index (Phi) is 5.23. The van der Waals surface area contributed by atoms with Gasteiger partial charge in [0.05, 0.1) is 5.56 Å². The number of ether oxygens (including phenoxy) is 1. The van der Waals surface area contributed by atoms with Crippen molar-refractivity contribution in [1.29, 1.82) is 0 Å². The summed E-state index contributed by atoms with van der Waals surface area (Å²) in [5, 5.41) is 0.441. The second-order valence-electron chi connectivity index (χ2n) is 5.05. The summed E-state index contributed by atoms with van der Waals surface area (Å²) in [6.07, 6.45) is 0. The van der Waals surface area contributed by atoms with Gasteiger partial charge in [0, 0.05) is 43.4 Å². The fourth-order valence-corrected chi connectivity index (χ4v) is 2.40. The quantitative estimate of drug-likeness (QED) is 0.671. The normalized spacial score (nSPS) is 17.1. The maximum atomic E-state index is 11.9. The van der Waals surface area contributed by atoms with E-state index in [9.17, 15) is 4.79 Å². The van der Waals surface area contributed by atoms with E-state index in [1.165, 1.54) is 0 Å². The lowest BCUT2D eigenvalue weighted by atomic mass is 10.2. The molecule has 2 rings (SSSR count). The van der Waals surface area contributed by atoms with E-state index in [2.05, 4.69) is 16.8 Å². The SMILES string of the molecule is CN1CCN(CCOC(=O)c2cc(N)cc(Cl)c2)CC1. The van der Waals surface area contributed by atoms with Crippen LogP contribution in [0.1, 0.15) is 10.4 Å². The summed E-state index contributed by atoms with van der Waals surface area (Å²) in [5.74, 6) is -0.381. The number of hydrogen-bond donors (Lipinski definition) is 1. The predicted octanol–water partition coefficient (Wildman–Crippen LogP) is 1.33. The molecule has 0 bridgehead atoms. The van der Waals surface area contributed by atoms with Gasteiger partial charge in [0.2, 0.25) is 0 Å². The third-order valence-corrected chi connectivity index (χ3v) is 3.61. The van der Waals surface area contributed by atoms with Crippen molar-refractivity contribution in [2.75, 3.05) is 52.1 Å². The molecule has 1 aromatic carbocycles. The Bertz CT molecular complexity index is 453. The van der Waals surface area contributed by atoms with Crippen LogP contribution in [0.2, 0.25) is 5.02 Å². The number of carbonyl (C=O) groups is 1. The van der Waals surface area contributed by atoms with Gasteiger partial charge in [-0.3, -0.25) is 4.90 Å².